The van der Waals surface area contributed by atoms with Gasteiger partial charge >= 0.3 is 0 Å². The Balaban J connectivity index is 2.61. The van der Waals surface area contributed by atoms with Gasteiger partial charge in [0.25, 0.3) is 0 Å². The van der Waals surface area contributed by atoms with E-state index in [1.165, 1.54) is 6.20 Å². The number of hydrogen-bond acceptors (Lipinski definition) is 3. The van der Waals surface area contributed by atoms with E-state index in [4.69, 9.17) is 5.73 Å². The molecule has 0 aliphatic heterocycles. The van der Waals surface area contributed by atoms with Gasteiger partial charge in [-0.15, -0.1) is 0 Å². The zero-order valence-electron chi connectivity index (χ0n) is 9.09. The molecule has 0 spiro atoms. The second-order valence-electron chi connectivity index (χ2n) is 3.49. The van der Waals surface area contributed by atoms with E-state index in [1.807, 2.05) is 31.2 Å². The monoisotopic (exact) mass is 211 g/mol. The van der Waals surface area contributed by atoms with Gasteiger partial charge < -0.3 is 5.73 Å². The highest BCUT2D eigenvalue weighted by Gasteiger charge is 2.06. The van der Waals surface area contributed by atoms with Crippen LogP contribution >= 0.6 is 0 Å². The minimum absolute atomic E-state index is 0.934. The van der Waals surface area contributed by atoms with Gasteiger partial charge in [-0.2, -0.15) is 0 Å². The Labute approximate surface area is 94.7 Å². The van der Waals surface area contributed by atoms with Gasteiger partial charge in [-0.25, -0.2) is 0 Å². The van der Waals surface area contributed by atoms with Crippen LogP contribution < -0.4 is 5.73 Å². The van der Waals surface area contributed by atoms with Crippen molar-refractivity contribution >= 4 is 6.08 Å². The minimum Gasteiger partial charge on any atom is -0.405 e. The molecule has 0 fully saturated rings. The van der Waals surface area contributed by atoms with Gasteiger partial charge in [-0.05, 0) is 43.0 Å². The van der Waals surface area contributed by atoms with Crippen molar-refractivity contribution in [3.05, 3.63) is 54.1 Å². The summed E-state index contributed by atoms with van der Waals surface area (Å²) in [5.41, 5.74) is 9.65. The number of aryl methyl sites for hydroxylation is 1. The zero-order chi connectivity index (χ0) is 11.4. The summed E-state index contributed by atoms with van der Waals surface area (Å²) in [7, 11) is 0. The molecule has 0 bridgehead atoms. The molecule has 0 amide bonds. The topological polar surface area (TPSA) is 51.8 Å². The first-order chi connectivity index (χ1) is 7.83. The van der Waals surface area contributed by atoms with E-state index in [2.05, 4.69) is 9.97 Å². The molecule has 0 saturated carbocycles. The van der Waals surface area contributed by atoms with Crippen molar-refractivity contribution < 1.29 is 0 Å². The van der Waals surface area contributed by atoms with E-state index in [9.17, 15) is 0 Å². The second-order valence-corrected chi connectivity index (χ2v) is 3.49. The molecule has 0 aromatic carbocycles. The molecule has 0 aliphatic rings. The van der Waals surface area contributed by atoms with Crippen molar-refractivity contribution in [3.8, 4) is 11.3 Å². The first kappa shape index (κ1) is 10.4. The Morgan fingerprint density at radius 1 is 1.12 bits per heavy atom. The molecule has 16 heavy (non-hydrogen) atoms. The Bertz CT molecular complexity index is 504. The van der Waals surface area contributed by atoms with Crippen molar-refractivity contribution in [2.75, 3.05) is 0 Å². The molecule has 2 heterocycles. The summed E-state index contributed by atoms with van der Waals surface area (Å²) in [6.07, 6.45) is 8.73. The van der Waals surface area contributed by atoms with Crippen LogP contribution in [0.4, 0.5) is 0 Å². The van der Waals surface area contributed by atoms with E-state index in [0.29, 0.717) is 0 Å². The summed E-state index contributed by atoms with van der Waals surface area (Å²) in [5.74, 6) is 0. The lowest BCUT2D eigenvalue weighted by Gasteiger charge is -2.07. The van der Waals surface area contributed by atoms with Crippen LogP contribution in [-0.4, -0.2) is 9.97 Å². The first-order valence-electron chi connectivity index (χ1n) is 5.07. The van der Waals surface area contributed by atoms with E-state index >= 15 is 0 Å². The van der Waals surface area contributed by atoms with Crippen molar-refractivity contribution in [2.24, 2.45) is 5.73 Å². The molecule has 3 heteroatoms. The number of pyridine rings is 2. The lowest BCUT2D eigenvalue weighted by Crippen LogP contribution is -1.92. The number of nitrogens with zero attached hydrogens (tertiary/aromatic N) is 2. The molecule has 0 atom stereocenters. The van der Waals surface area contributed by atoms with Crippen molar-refractivity contribution in [3.63, 3.8) is 0 Å². The highest BCUT2D eigenvalue weighted by Crippen LogP contribution is 2.23. The van der Waals surface area contributed by atoms with Gasteiger partial charge in [0.1, 0.15) is 0 Å². The molecule has 2 N–H and O–H groups in total. The molecule has 2 aromatic rings. The minimum atomic E-state index is 0.934. The normalized spacial score (nSPS) is 10.8. The first-order valence-corrected chi connectivity index (χ1v) is 5.07. The fourth-order valence-electron chi connectivity index (χ4n) is 1.62. The zero-order valence-corrected chi connectivity index (χ0v) is 9.09. The van der Waals surface area contributed by atoms with Gasteiger partial charge in [0.15, 0.2) is 0 Å². The molecule has 0 saturated heterocycles. The van der Waals surface area contributed by atoms with Crippen molar-refractivity contribution in [1.29, 1.82) is 0 Å². The Hall–Kier alpha value is -2.16. The number of nitrogens with two attached hydrogens (primary N) is 1. The van der Waals surface area contributed by atoms with Gasteiger partial charge in [0, 0.05) is 29.7 Å². The van der Waals surface area contributed by atoms with Crippen LogP contribution in [0.1, 0.15) is 11.1 Å². The smallest absolute Gasteiger partial charge is 0.0778 e. The average molecular weight is 211 g/mol. The van der Waals surface area contributed by atoms with Crippen LogP contribution in [0.25, 0.3) is 17.3 Å². The van der Waals surface area contributed by atoms with Crippen LogP contribution in [0, 0.1) is 6.92 Å². The third-order valence-electron chi connectivity index (χ3n) is 2.42. The molecule has 2 aromatic heterocycles. The van der Waals surface area contributed by atoms with Gasteiger partial charge in [-0.3, -0.25) is 9.97 Å². The standard InChI is InChI=1S/C13H13N3/c1-10-3-9-16-13(12(10)2-6-14)11-4-7-15-8-5-11/h2-9H,14H2,1H3/b6-2-. The van der Waals surface area contributed by atoms with E-state index in [-0.39, 0.29) is 0 Å². The van der Waals surface area contributed by atoms with Gasteiger partial charge in [0.05, 0.1) is 5.69 Å². The molecule has 2 rings (SSSR count). The Morgan fingerprint density at radius 3 is 2.56 bits per heavy atom. The predicted molar refractivity (Wildman–Crippen MR) is 65.4 cm³/mol. The fraction of sp³-hybridized carbons (Fsp3) is 0.0769. The van der Waals surface area contributed by atoms with Crippen molar-refractivity contribution in [1.82, 2.24) is 9.97 Å². The highest BCUT2D eigenvalue weighted by atomic mass is 14.7. The summed E-state index contributed by atoms with van der Waals surface area (Å²) in [4.78, 5) is 8.39. The highest BCUT2D eigenvalue weighted by molar-refractivity contribution is 5.73. The summed E-state index contributed by atoms with van der Waals surface area (Å²) in [6, 6.07) is 5.85. The summed E-state index contributed by atoms with van der Waals surface area (Å²) in [6.45, 7) is 2.04. The maximum atomic E-state index is 5.46. The van der Waals surface area contributed by atoms with Gasteiger partial charge in [-0.1, -0.05) is 0 Å². The maximum Gasteiger partial charge on any atom is 0.0778 e. The Kier molecular flexibility index (Phi) is 2.96. The van der Waals surface area contributed by atoms with E-state index < -0.39 is 0 Å². The maximum absolute atomic E-state index is 5.46. The largest absolute Gasteiger partial charge is 0.405 e. The van der Waals surface area contributed by atoms with Crippen LogP contribution in [-0.2, 0) is 0 Å². The SMILES string of the molecule is Cc1ccnc(-c2ccncc2)c1/C=C\N. The summed E-state index contributed by atoms with van der Waals surface area (Å²) in [5, 5.41) is 0. The molecule has 0 aliphatic carbocycles. The predicted octanol–water partition coefficient (Wildman–Crippen LogP) is 2.38. The quantitative estimate of drug-likeness (QED) is 0.829. The van der Waals surface area contributed by atoms with Crippen LogP contribution in [0.5, 0.6) is 0 Å². The van der Waals surface area contributed by atoms with Crippen LogP contribution in [0.2, 0.25) is 0 Å². The van der Waals surface area contributed by atoms with Crippen molar-refractivity contribution in [2.45, 2.75) is 6.92 Å². The fourth-order valence-corrected chi connectivity index (χ4v) is 1.62. The molecule has 0 radical (unpaired) electrons. The molecular weight excluding hydrogens is 198 g/mol. The Morgan fingerprint density at radius 2 is 1.88 bits per heavy atom. The summed E-state index contributed by atoms with van der Waals surface area (Å²) >= 11 is 0. The van der Waals surface area contributed by atoms with Gasteiger partial charge in [0.2, 0.25) is 0 Å². The number of aromatic nitrogens is 2. The number of rotatable bonds is 2. The lowest BCUT2D eigenvalue weighted by molar-refractivity contribution is 1.25. The average Bonchev–Trinajstić information content (AvgIpc) is 2.33. The van der Waals surface area contributed by atoms with Crippen LogP contribution in [0.3, 0.4) is 0 Å². The number of hydrogen-bond donors (Lipinski definition) is 1. The molecule has 0 unspecified atom stereocenters. The molecule has 3 nitrogen and oxygen atoms in total. The summed E-state index contributed by atoms with van der Waals surface area (Å²) < 4.78 is 0. The van der Waals surface area contributed by atoms with Crippen LogP contribution in [0.15, 0.2) is 43.0 Å². The third kappa shape index (κ3) is 1.93. The molecular formula is C13H13N3. The second kappa shape index (κ2) is 4.57. The molecule has 80 valence electrons. The van der Waals surface area contributed by atoms with E-state index in [0.717, 1.165) is 22.4 Å². The lowest BCUT2D eigenvalue weighted by atomic mass is 10.0. The van der Waals surface area contributed by atoms with E-state index in [1.54, 1.807) is 18.6 Å². The third-order valence-corrected chi connectivity index (χ3v) is 2.42.